The number of benzene rings is 2. The number of hydrogen-bond acceptors (Lipinski definition) is 2. The first-order valence-corrected chi connectivity index (χ1v) is 6.29. The van der Waals surface area contributed by atoms with Crippen molar-refractivity contribution in [1.29, 1.82) is 0 Å². The van der Waals surface area contributed by atoms with Crippen molar-refractivity contribution in [3.8, 4) is 0 Å². The molecule has 0 atom stereocenters. The van der Waals surface area contributed by atoms with Crippen molar-refractivity contribution in [1.82, 2.24) is 0 Å². The molecule has 0 amide bonds. The van der Waals surface area contributed by atoms with E-state index in [0.29, 0.717) is 11.4 Å². The van der Waals surface area contributed by atoms with Gasteiger partial charge in [-0.3, -0.25) is 0 Å². The molecule has 0 aromatic heterocycles. The molecule has 0 fully saturated rings. The van der Waals surface area contributed by atoms with Gasteiger partial charge in [-0.15, -0.1) is 0 Å². The Balaban J connectivity index is 2.37. The van der Waals surface area contributed by atoms with Crippen LogP contribution in [0.25, 0.3) is 0 Å². The van der Waals surface area contributed by atoms with Crippen molar-refractivity contribution in [3.63, 3.8) is 0 Å². The van der Waals surface area contributed by atoms with Gasteiger partial charge in [0.05, 0.1) is 22.1 Å². The molecule has 2 aromatic rings. The molecule has 0 saturated heterocycles. The molecular formula is C12H9ClFIN2. The van der Waals surface area contributed by atoms with Crippen LogP contribution in [-0.4, -0.2) is 0 Å². The van der Waals surface area contributed by atoms with Gasteiger partial charge in [0, 0.05) is 9.64 Å². The molecule has 0 saturated carbocycles. The Morgan fingerprint density at radius 3 is 2.59 bits per heavy atom. The van der Waals surface area contributed by atoms with Crippen LogP contribution in [0, 0.1) is 9.39 Å². The summed E-state index contributed by atoms with van der Waals surface area (Å²) in [5.41, 5.74) is 7.57. The molecule has 17 heavy (non-hydrogen) atoms. The summed E-state index contributed by atoms with van der Waals surface area (Å²) in [5.74, 6) is -0.491. The highest BCUT2D eigenvalue weighted by Gasteiger charge is 2.07. The van der Waals surface area contributed by atoms with Gasteiger partial charge in [-0.1, -0.05) is 23.7 Å². The first kappa shape index (κ1) is 12.4. The summed E-state index contributed by atoms with van der Waals surface area (Å²) in [6.07, 6.45) is 0. The molecule has 0 aliphatic carbocycles. The number of rotatable bonds is 2. The van der Waals surface area contributed by atoms with E-state index in [1.165, 1.54) is 12.1 Å². The Bertz CT molecular complexity index is 560. The minimum atomic E-state index is -0.491. The molecule has 2 rings (SSSR count). The van der Waals surface area contributed by atoms with E-state index in [9.17, 15) is 4.39 Å². The molecule has 3 N–H and O–H groups in total. The molecule has 2 nitrogen and oxygen atoms in total. The van der Waals surface area contributed by atoms with Crippen molar-refractivity contribution < 1.29 is 4.39 Å². The first-order valence-electron chi connectivity index (χ1n) is 4.84. The fourth-order valence-electron chi connectivity index (χ4n) is 1.38. The molecule has 0 aliphatic rings. The molecule has 0 aliphatic heterocycles. The fraction of sp³-hybridized carbons (Fsp3) is 0. The fourth-order valence-corrected chi connectivity index (χ4v) is 2.07. The zero-order valence-electron chi connectivity index (χ0n) is 8.68. The smallest absolute Gasteiger partial charge is 0.144 e. The SMILES string of the molecule is Nc1cc(Cl)c(F)cc1Nc1ccccc1I. The average Bonchev–Trinajstić information content (AvgIpc) is 2.29. The van der Waals surface area contributed by atoms with Crippen LogP contribution in [0.1, 0.15) is 0 Å². The summed E-state index contributed by atoms with van der Waals surface area (Å²) in [7, 11) is 0. The lowest BCUT2D eigenvalue weighted by atomic mass is 10.2. The Labute approximate surface area is 117 Å². The third-order valence-electron chi connectivity index (χ3n) is 2.24. The standard InChI is InChI=1S/C12H9ClFIN2/c13-7-5-10(16)12(6-8(7)14)17-11-4-2-1-3-9(11)15/h1-6,17H,16H2. The predicted molar refractivity (Wildman–Crippen MR) is 78.3 cm³/mol. The third kappa shape index (κ3) is 2.81. The maximum Gasteiger partial charge on any atom is 0.144 e. The molecule has 0 unspecified atom stereocenters. The van der Waals surface area contributed by atoms with Gasteiger partial charge in [-0.05, 0) is 40.8 Å². The number of anilines is 3. The van der Waals surface area contributed by atoms with Crippen LogP contribution in [0.2, 0.25) is 5.02 Å². The molecule has 0 bridgehead atoms. The highest BCUT2D eigenvalue weighted by atomic mass is 127. The summed E-state index contributed by atoms with van der Waals surface area (Å²) >= 11 is 7.83. The Hall–Kier alpha value is -1.01. The topological polar surface area (TPSA) is 38.0 Å². The summed E-state index contributed by atoms with van der Waals surface area (Å²) in [5, 5.41) is 3.10. The van der Waals surface area contributed by atoms with Crippen LogP contribution in [0.3, 0.4) is 0 Å². The highest BCUT2D eigenvalue weighted by Crippen LogP contribution is 2.30. The second kappa shape index (κ2) is 5.10. The second-order valence-corrected chi connectivity index (χ2v) is 5.03. The average molecular weight is 363 g/mol. The van der Waals surface area contributed by atoms with E-state index in [4.69, 9.17) is 17.3 Å². The second-order valence-electron chi connectivity index (χ2n) is 3.46. The van der Waals surface area contributed by atoms with E-state index >= 15 is 0 Å². The molecule has 0 radical (unpaired) electrons. The van der Waals surface area contributed by atoms with E-state index < -0.39 is 5.82 Å². The normalized spacial score (nSPS) is 10.3. The van der Waals surface area contributed by atoms with Crippen LogP contribution in [-0.2, 0) is 0 Å². The molecule has 5 heteroatoms. The zero-order valence-corrected chi connectivity index (χ0v) is 11.6. The lowest BCUT2D eigenvalue weighted by Crippen LogP contribution is -1.98. The summed E-state index contributed by atoms with van der Waals surface area (Å²) in [6.45, 7) is 0. The van der Waals surface area contributed by atoms with Gasteiger partial charge in [-0.2, -0.15) is 0 Å². The number of para-hydroxylation sites is 1. The van der Waals surface area contributed by atoms with E-state index in [0.717, 1.165) is 9.26 Å². The van der Waals surface area contributed by atoms with E-state index in [1.54, 1.807) is 0 Å². The largest absolute Gasteiger partial charge is 0.397 e. The van der Waals surface area contributed by atoms with Crippen LogP contribution < -0.4 is 11.1 Å². The molecule has 88 valence electrons. The molecular weight excluding hydrogens is 354 g/mol. The maximum atomic E-state index is 13.3. The molecule has 0 heterocycles. The van der Waals surface area contributed by atoms with Gasteiger partial charge in [0.25, 0.3) is 0 Å². The Morgan fingerprint density at radius 2 is 1.88 bits per heavy atom. The monoisotopic (exact) mass is 362 g/mol. The van der Waals surface area contributed by atoms with Crippen molar-refractivity contribution >= 4 is 51.3 Å². The molecule has 0 spiro atoms. The van der Waals surface area contributed by atoms with Gasteiger partial charge in [0.2, 0.25) is 0 Å². The number of hydrogen-bond donors (Lipinski definition) is 2. The minimum Gasteiger partial charge on any atom is -0.397 e. The number of halogens is 3. The number of nitrogens with two attached hydrogens (primary N) is 1. The van der Waals surface area contributed by atoms with Crippen LogP contribution in [0.15, 0.2) is 36.4 Å². The van der Waals surface area contributed by atoms with Gasteiger partial charge in [0.15, 0.2) is 0 Å². The highest BCUT2D eigenvalue weighted by molar-refractivity contribution is 14.1. The summed E-state index contributed by atoms with van der Waals surface area (Å²) in [4.78, 5) is 0. The zero-order chi connectivity index (χ0) is 12.4. The lowest BCUT2D eigenvalue weighted by Gasteiger charge is -2.11. The van der Waals surface area contributed by atoms with Crippen molar-refractivity contribution in [3.05, 3.63) is 50.8 Å². The lowest BCUT2D eigenvalue weighted by molar-refractivity contribution is 0.629. The Morgan fingerprint density at radius 1 is 1.18 bits per heavy atom. The van der Waals surface area contributed by atoms with Gasteiger partial charge in [-0.25, -0.2) is 4.39 Å². The van der Waals surface area contributed by atoms with Crippen molar-refractivity contribution in [2.45, 2.75) is 0 Å². The number of nitrogen functional groups attached to an aromatic ring is 1. The van der Waals surface area contributed by atoms with Crippen LogP contribution >= 0.6 is 34.2 Å². The quantitative estimate of drug-likeness (QED) is 0.613. The van der Waals surface area contributed by atoms with Crippen molar-refractivity contribution in [2.24, 2.45) is 0 Å². The van der Waals surface area contributed by atoms with Gasteiger partial charge >= 0.3 is 0 Å². The predicted octanol–water partition coefficient (Wildman–Crippen LogP) is 4.41. The number of nitrogens with one attached hydrogen (secondary N) is 1. The van der Waals surface area contributed by atoms with Gasteiger partial charge < -0.3 is 11.1 Å². The minimum absolute atomic E-state index is 0.0239. The van der Waals surface area contributed by atoms with E-state index in [2.05, 4.69) is 27.9 Å². The summed E-state index contributed by atoms with van der Waals surface area (Å²) < 4.78 is 14.4. The van der Waals surface area contributed by atoms with E-state index in [1.807, 2.05) is 24.3 Å². The van der Waals surface area contributed by atoms with Crippen LogP contribution in [0.5, 0.6) is 0 Å². The Kier molecular flexibility index (Phi) is 3.73. The van der Waals surface area contributed by atoms with E-state index in [-0.39, 0.29) is 5.02 Å². The first-order chi connectivity index (χ1) is 8.08. The third-order valence-corrected chi connectivity index (χ3v) is 3.47. The maximum absolute atomic E-state index is 13.3. The van der Waals surface area contributed by atoms with Crippen molar-refractivity contribution in [2.75, 3.05) is 11.1 Å². The molecule has 2 aromatic carbocycles. The van der Waals surface area contributed by atoms with Crippen LogP contribution in [0.4, 0.5) is 21.5 Å². The van der Waals surface area contributed by atoms with Gasteiger partial charge in [0.1, 0.15) is 5.82 Å². The summed E-state index contributed by atoms with van der Waals surface area (Å²) in [6, 6.07) is 10.4.